The SMILES string of the molecule is CCCCCCCCCCCCCCCCCCCCCCC(=O)OC(CC)CC(=O)O. The van der Waals surface area contributed by atoms with Crippen LogP contribution in [0.2, 0.25) is 0 Å². The van der Waals surface area contributed by atoms with Crippen LogP contribution in [0.5, 0.6) is 0 Å². The molecule has 0 saturated carbocycles. The van der Waals surface area contributed by atoms with Crippen LogP contribution in [0.15, 0.2) is 0 Å². The minimum Gasteiger partial charge on any atom is -0.481 e. The molecular weight excluding hydrogens is 400 g/mol. The summed E-state index contributed by atoms with van der Waals surface area (Å²) in [4.78, 5) is 22.5. The Morgan fingerprint density at radius 3 is 1.25 bits per heavy atom. The third-order valence-electron chi connectivity index (χ3n) is 6.39. The van der Waals surface area contributed by atoms with E-state index < -0.39 is 12.1 Å². The zero-order chi connectivity index (χ0) is 23.7. The van der Waals surface area contributed by atoms with Gasteiger partial charge in [-0.3, -0.25) is 9.59 Å². The van der Waals surface area contributed by atoms with Crippen molar-refractivity contribution >= 4 is 11.9 Å². The van der Waals surface area contributed by atoms with Crippen molar-refractivity contribution in [3.63, 3.8) is 0 Å². The van der Waals surface area contributed by atoms with E-state index in [1.165, 1.54) is 116 Å². The van der Waals surface area contributed by atoms with E-state index in [1.54, 1.807) is 0 Å². The molecule has 0 aliphatic heterocycles. The Morgan fingerprint density at radius 1 is 0.594 bits per heavy atom. The quantitative estimate of drug-likeness (QED) is 0.110. The van der Waals surface area contributed by atoms with Crippen LogP contribution in [0.25, 0.3) is 0 Å². The Morgan fingerprint density at radius 2 is 0.938 bits per heavy atom. The lowest BCUT2D eigenvalue weighted by atomic mass is 10.0. The van der Waals surface area contributed by atoms with Crippen molar-refractivity contribution in [2.75, 3.05) is 0 Å². The summed E-state index contributed by atoms with van der Waals surface area (Å²) in [5.41, 5.74) is 0. The second-order valence-electron chi connectivity index (χ2n) is 9.59. The first-order chi connectivity index (χ1) is 15.6. The van der Waals surface area contributed by atoms with Crippen molar-refractivity contribution in [2.24, 2.45) is 0 Å². The third-order valence-corrected chi connectivity index (χ3v) is 6.39. The van der Waals surface area contributed by atoms with E-state index >= 15 is 0 Å². The van der Waals surface area contributed by atoms with Gasteiger partial charge in [-0.1, -0.05) is 136 Å². The molecule has 1 N–H and O–H groups in total. The molecule has 0 aliphatic carbocycles. The fourth-order valence-corrected chi connectivity index (χ4v) is 4.23. The lowest BCUT2D eigenvalue weighted by Crippen LogP contribution is -2.20. The average molecular weight is 455 g/mol. The van der Waals surface area contributed by atoms with E-state index in [0.717, 1.165) is 12.8 Å². The highest BCUT2D eigenvalue weighted by molar-refractivity contribution is 5.71. The number of hydrogen-bond donors (Lipinski definition) is 1. The van der Waals surface area contributed by atoms with E-state index in [2.05, 4.69) is 6.92 Å². The van der Waals surface area contributed by atoms with Crippen molar-refractivity contribution < 1.29 is 19.4 Å². The molecule has 1 atom stereocenters. The Kier molecular flexibility index (Phi) is 23.8. The summed E-state index contributed by atoms with van der Waals surface area (Å²) in [6, 6.07) is 0. The highest BCUT2D eigenvalue weighted by Gasteiger charge is 2.15. The van der Waals surface area contributed by atoms with Gasteiger partial charge in [0.25, 0.3) is 0 Å². The van der Waals surface area contributed by atoms with Crippen molar-refractivity contribution in [3.05, 3.63) is 0 Å². The number of hydrogen-bond acceptors (Lipinski definition) is 3. The fraction of sp³-hybridized carbons (Fsp3) is 0.929. The number of unbranched alkanes of at least 4 members (excludes halogenated alkanes) is 19. The Balaban J connectivity index is 3.23. The van der Waals surface area contributed by atoms with Gasteiger partial charge in [0.05, 0.1) is 6.42 Å². The van der Waals surface area contributed by atoms with Crippen LogP contribution in [0, 0.1) is 0 Å². The summed E-state index contributed by atoms with van der Waals surface area (Å²) in [6.45, 7) is 4.13. The zero-order valence-electron chi connectivity index (χ0n) is 21.5. The Bertz CT molecular complexity index is 422. The molecule has 4 nitrogen and oxygen atoms in total. The number of rotatable bonds is 25. The molecule has 4 heteroatoms. The van der Waals surface area contributed by atoms with E-state index in [9.17, 15) is 9.59 Å². The largest absolute Gasteiger partial charge is 0.481 e. The fourth-order valence-electron chi connectivity index (χ4n) is 4.23. The highest BCUT2D eigenvalue weighted by Crippen LogP contribution is 2.15. The molecule has 0 aromatic heterocycles. The van der Waals surface area contributed by atoms with Crippen LogP contribution in [0.1, 0.15) is 162 Å². The second kappa shape index (κ2) is 24.6. The lowest BCUT2D eigenvalue weighted by molar-refractivity contribution is -0.153. The molecule has 0 heterocycles. The molecule has 190 valence electrons. The van der Waals surface area contributed by atoms with Crippen LogP contribution in [0.4, 0.5) is 0 Å². The highest BCUT2D eigenvalue weighted by atomic mass is 16.5. The standard InChI is InChI=1S/C28H54O4/c1-3-5-6-7-8-9-10-11-12-13-14-15-16-17-18-19-20-21-22-23-24-28(31)32-26(4-2)25-27(29)30/h26H,3-25H2,1-2H3,(H,29,30). The average Bonchev–Trinajstić information content (AvgIpc) is 2.77. The predicted octanol–water partition coefficient (Wildman–Crippen LogP) is 8.99. The first-order valence-corrected chi connectivity index (χ1v) is 14.0. The summed E-state index contributed by atoms with van der Waals surface area (Å²) >= 11 is 0. The summed E-state index contributed by atoms with van der Waals surface area (Å²) < 4.78 is 5.23. The van der Waals surface area contributed by atoms with E-state index in [-0.39, 0.29) is 12.4 Å². The van der Waals surface area contributed by atoms with Crippen LogP contribution >= 0.6 is 0 Å². The molecule has 0 radical (unpaired) electrons. The predicted molar refractivity (Wildman–Crippen MR) is 135 cm³/mol. The van der Waals surface area contributed by atoms with Gasteiger partial charge in [-0.05, 0) is 12.8 Å². The minimum absolute atomic E-state index is 0.0957. The molecule has 0 aliphatic rings. The van der Waals surface area contributed by atoms with Crippen molar-refractivity contribution in [1.82, 2.24) is 0 Å². The number of carbonyl (C=O) groups is 2. The molecule has 0 rings (SSSR count). The number of aliphatic carboxylic acids is 1. The van der Waals surface area contributed by atoms with Crippen LogP contribution in [-0.2, 0) is 14.3 Å². The van der Waals surface area contributed by atoms with Gasteiger partial charge in [-0.2, -0.15) is 0 Å². The summed E-state index contributed by atoms with van der Waals surface area (Å²) in [5.74, 6) is -1.16. The molecule has 0 spiro atoms. The summed E-state index contributed by atoms with van der Waals surface area (Å²) in [7, 11) is 0. The molecule has 0 bridgehead atoms. The molecule has 0 aromatic carbocycles. The monoisotopic (exact) mass is 454 g/mol. The molecule has 0 saturated heterocycles. The molecule has 0 aromatic rings. The maximum Gasteiger partial charge on any atom is 0.307 e. The van der Waals surface area contributed by atoms with E-state index in [1.807, 2.05) is 6.92 Å². The topological polar surface area (TPSA) is 63.6 Å². The van der Waals surface area contributed by atoms with Gasteiger partial charge in [0.2, 0.25) is 0 Å². The van der Waals surface area contributed by atoms with Gasteiger partial charge in [0, 0.05) is 6.42 Å². The lowest BCUT2D eigenvalue weighted by Gasteiger charge is -2.13. The van der Waals surface area contributed by atoms with Crippen molar-refractivity contribution in [3.8, 4) is 0 Å². The van der Waals surface area contributed by atoms with Crippen LogP contribution in [-0.4, -0.2) is 23.1 Å². The van der Waals surface area contributed by atoms with Gasteiger partial charge in [0.1, 0.15) is 6.10 Å². The Hall–Kier alpha value is -1.06. The second-order valence-corrected chi connectivity index (χ2v) is 9.59. The summed E-state index contributed by atoms with van der Waals surface area (Å²) in [5, 5.41) is 8.79. The Labute approximate surface area is 199 Å². The normalized spacial score (nSPS) is 12.1. The van der Waals surface area contributed by atoms with Crippen LogP contribution in [0.3, 0.4) is 0 Å². The summed E-state index contributed by atoms with van der Waals surface area (Å²) in [6.07, 6.45) is 27.2. The van der Waals surface area contributed by atoms with Crippen molar-refractivity contribution in [1.29, 1.82) is 0 Å². The maximum absolute atomic E-state index is 11.8. The molecule has 32 heavy (non-hydrogen) atoms. The van der Waals surface area contributed by atoms with Crippen molar-refractivity contribution in [2.45, 2.75) is 168 Å². The van der Waals surface area contributed by atoms with E-state index in [4.69, 9.17) is 9.84 Å². The van der Waals surface area contributed by atoms with Gasteiger partial charge >= 0.3 is 11.9 Å². The smallest absolute Gasteiger partial charge is 0.307 e. The first kappa shape index (κ1) is 30.9. The van der Waals surface area contributed by atoms with Crippen LogP contribution < -0.4 is 0 Å². The van der Waals surface area contributed by atoms with Gasteiger partial charge in [0.15, 0.2) is 0 Å². The number of carboxylic acid groups (broad SMARTS) is 1. The molecule has 1 unspecified atom stereocenters. The van der Waals surface area contributed by atoms with Gasteiger partial charge in [-0.15, -0.1) is 0 Å². The van der Waals surface area contributed by atoms with E-state index in [0.29, 0.717) is 12.8 Å². The zero-order valence-corrected chi connectivity index (χ0v) is 21.5. The molecular formula is C28H54O4. The maximum atomic E-state index is 11.8. The molecule has 0 fully saturated rings. The van der Waals surface area contributed by atoms with Gasteiger partial charge < -0.3 is 9.84 Å². The number of carboxylic acids is 1. The number of ether oxygens (including phenoxy) is 1. The molecule has 0 amide bonds. The minimum atomic E-state index is -0.913. The first-order valence-electron chi connectivity index (χ1n) is 14.0. The third kappa shape index (κ3) is 23.6. The van der Waals surface area contributed by atoms with Gasteiger partial charge in [-0.25, -0.2) is 0 Å². The number of carbonyl (C=O) groups excluding carboxylic acids is 1. The number of esters is 1.